The fraction of sp³-hybridized carbons (Fsp3) is 0.412. The minimum absolute atomic E-state index is 0.111. The number of benzene rings is 1. The summed E-state index contributed by atoms with van der Waals surface area (Å²) in [6, 6.07) is 8.09. The van der Waals surface area contributed by atoms with Gasteiger partial charge in [0.25, 0.3) is 0 Å². The summed E-state index contributed by atoms with van der Waals surface area (Å²) in [5, 5.41) is 13.8. The molecule has 0 spiro atoms. The lowest BCUT2D eigenvalue weighted by Gasteiger charge is -2.21. The highest BCUT2D eigenvalue weighted by Crippen LogP contribution is 2.34. The van der Waals surface area contributed by atoms with Crippen LogP contribution in [0.3, 0.4) is 0 Å². The van der Waals surface area contributed by atoms with Crippen molar-refractivity contribution in [2.45, 2.75) is 45.3 Å². The molecule has 0 amide bonds. The minimum atomic E-state index is -0.423. The van der Waals surface area contributed by atoms with Gasteiger partial charge in [-0.1, -0.05) is 38.1 Å². The summed E-state index contributed by atoms with van der Waals surface area (Å²) in [6.45, 7) is 4.16. The fourth-order valence-electron chi connectivity index (χ4n) is 2.96. The second kappa shape index (κ2) is 6.50. The highest BCUT2D eigenvalue weighted by atomic mass is 127. The van der Waals surface area contributed by atoms with Gasteiger partial charge < -0.3 is 10.4 Å². The van der Waals surface area contributed by atoms with E-state index in [-0.39, 0.29) is 6.04 Å². The molecular formula is C17H20IN3O. The Kier molecular flexibility index (Phi) is 4.63. The van der Waals surface area contributed by atoms with Crippen molar-refractivity contribution < 1.29 is 5.11 Å². The van der Waals surface area contributed by atoms with Crippen LogP contribution in [0.4, 0.5) is 5.82 Å². The van der Waals surface area contributed by atoms with Gasteiger partial charge in [-0.05, 0) is 46.6 Å². The van der Waals surface area contributed by atoms with Crippen LogP contribution in [-0.4, -0.2) is 21.2 Å². The van der Waals surface area contributed by atoms with E-state index in [1.54, 1.807) is 0 Å². The second-order valence-corrected chi connectivity index (χ2v) is 6.58. The highest BCUT2D eigenvalue weighted by molar-refractivity contribution is 14.1. The molecule has 0 bridgehead atoms. The van der Waals surface area contributed by atoms with E-state index in [1.165, 1.54) is 5.56 Å². The highest BCUT2D eigenvalue weighted by Gasteiger charge is 2.31. The molecule has 2 aromatic rings. The Bertz CT molecular complexity index is 690. The summed E-state index contributed by atoms with van der Waals surface area (Å²) < 4.78 is 0.967. The van der Waals surface area contributed by atoms with Crippen molar-refractivity contribution in [2.24, 2.45) is 0 Å². The van der Waals surface area contributed by atoms with E-state index in [1.807, 2.05) is 12.1 Å². The van der Waals surface area contributed by atoms with Crippen LogP contribution >= 0.6 is 22.6 Å². The fourth-order valence-corrected chi connectivity index (χ4v) is 3.76. The molecule has 1 aromatic heterocycles. The van der Waals surface area contributed by atoms with E-state index < -0.39 is 6.10 Å². The van der Waals surface area contributed by atoms with Gasteiger partial charge in [-0.2, -0.15) is 0 Å². The first-order valence-corrected chi connectivity index (χ1v) is 8.79. The number of aryl methyl sites for hydroxylation is 2. The van der Waals surface area contributed by atoms with Crippen LogP contribution in [-0.2, 0) is 19.3 Å². The topological polar surface area (TPSA) is 58.0 Å². The van der Waals surface area contributed by atoms with Gasteiger partial charge in [0, 0.05) is 6.42 Å². The van der Waals surface area contributed by atoms with E-state index in [4.69, 9.17) is 4.98 Å². The lowest BCUT2D eigenvalue weighted by atomic mass is 10.1. The molecule has 5 heteroatoms. The maximum absolute atomic E-state index is 10.4. The van der Waals surface area contributed by atoms with Crippen molar-refractivity contribution in [2.75, 3.05) is 5.32 Å². The SMILES string of the molecule is CCc1nc(NC2c3ccccc3CC2O)c(CC)nc1I. The molecule has 116 valence electrons. The molecule has 2 atom stereocenters. The molecule has 1 aliphatic carbocycles. The lowest BCUT2D eigenvalue weighted by molar-refractivity contribution is 0.165. The molecule has 1 aromatic carbocycles. The summed E-state index contributed by atoms with van der Waals surface area (Å²) in [4.78, 5) is 9.41. The molecule has 0 radical (unpaired) electrons. The van der Waals surface area contributed by atoms with Crippen LogP contribution in [0.1, 0.15) is 42.4 Å². The zero-order valence-corrected chi connectivity index (χ0v) is 15.0. The second-order valence-electron chi connectivity index (χ2n) is 5.56. The number of halogens is 1. The Morgan fingerprint density at radius 1 is 1.18 bits per heavy atom. The maximum Gasteiger partial charge on any atom is 0.148 e. The zero-order chi connectivity index (χ0) is 15.7. The standard InChI is InChI=1S/C17H20IN3O/c1-3-12-16(18)19-13(4-2)17(20-12)21-15-11-8-6-5-7-10(11)9-14(15)22/h5-8,14-15,22H,3-4,9H2,1-2H3,(H,20,21). The van der Waals surface area contributed by atoms with Crippen molar-refractivity contribution in [1.82, 2.24) is 9.97 Å². The molecule has 4 nitrogen and oxygen atoms in total. The molecule has 22 heavy (non-hydrogen) atoms. The molecule has 0 fully saturated rings. The van der Waals surface area contributed by atoms with Gasteiger partial charge in [-0.25, -0.2) is 9.97 Å². The molecule has 2 unspecified atom stereocenters. The average molecular weight is 409 g/mol. The van der Waals surface area contributed by atoms with Gasteiger partial charge >= 0.3 is 0 Å². The summed E-state index contributed by atoms with van der Waals surface area (Å²) >= 11 is 2.24. The third kappa shape index (κ3) is 2.84. The predicted octanol–water partition coefficient (Wildman–Crippen LogP) is 3.28. The van der Waals surface area contributed by atoms with Gasteiger partial charge in [0.05, 0.1) is 23.5 Å². The third-order valence-corrected chi connectivity index (χ3v) is 5.02. The van der Waals surface area contributed by atoms with Gasteiger partial charge in [-0.3, -0.25) is 0 Å². The van der Waals surface area contributed by atoms with E-state index in [9.17, 15) is 5.11 Å². The van der Waals surface area contributed by atoms with Crippen LogP contribution in [0.2, 0.25) is 0 Å². The van der Waals surface area contributed by atoms with Gasteiger partial charge in [0.1, 0.15) is 9.52 Å². The van der Waals surface area contributed by atoms with E-state index >= 15 is 0 Å². The number of aliphatic hydroxyl groups is 1. The van der Waals surface area contributed by atoms with Gasteiger partial charge in [0.2, 0.25) is 0 Å². The van der Waals surface area contributed by atoms with E-state index in [0.29, 0.717) is 6.42 Å². The number of aromatic nitrogens is 2. The third-order valence-electron chi connectivity index (χ3n) is 4.16. The number of anilines is 1. The largest absolute Gasteiger partial charge is 0.390 e. The van der Waals surface area contributed by atoms with Crippen molar-refractivity contribution >= 4 is 28.4 Å². The molecule has 1 aliphatic rings. The first kappa shape index (κ1) is 15.7. The predicted molar refractivity (Wildman–Crippen MR) is 96.0 cm³/mol. The Hall–Kier alpha value is -1.21. The molecular weight excluding hydrogens is 389 g/mol. The molecule has 3 rings (SSSR count). The van der Waals surface area contributed by atoms with Gasteiger partial charge in [0.15, 0.2) is 0 Å². The van der Waals surface area contributed by atoms with Crippen molar-refractivity contribution in [3.05, 3.63) is 50.5 Å². The zero-order valence-electron chi connectivity index (χ0n) is 12.8. The van der Waals surface area contributed by atoms with E-state index in [0.717, 1.165) is 39.3 Å². The monoisotopic (exact) mass is 409 g/mol. The van der Waals surface area contributed by atoms with Crippen molar-refractivity contribution in [1.29, 1.82) is 0 Å². The first-order valence-electron chi connectivity index (χ1n) is 7.71. The Balaban J connectivity index is 1.96. The average Bonchev–Trinajstić information content (AvgIpc) is 2.84. The smallest absolute Gasteiger partial charge is 0.148 e. The summed E-state index contributed by atoms with van der Waals surface area (Å²) in [5.74, 6) is 0.806. The van der Waals surface area contributed by atoms with Crippen molar-refractivity contribution in [3.8, 4) is 0 Å². The molecule has 0 saturated heterocycles. The number of hydrogen-bond acceptors (Lipinski definition) is 4. The summed E-state index contributed by atoms with van der Waals surface area (Å²) in [7, 11) is 0. The van der Waals surface area contributed by atoms with Crippen LogP contribution in [0.15, 0.2) is 24.3 Å². The maximum atomic E-state index is 10.4. The quantitative estimate of drug-likeness (QED) is 0.762. The van der Waals surface area contributed by atoms with Crippen LogP contribution < -0.4 is 5.32 Å². The number of nitrogens with one attached hydrogen (secondary N) is 1. The van der Waals surface area contributed by atoms with Crippen LogP contribution in [0.25, 0.3) is 0 Å². The number of nitrogens with zero attached hydrogens (tertiary/aromatic N) is 2. The summed E-state index contributed by atoms with van der Waals surface area (Å²) in [5.41, 5.74) is 4.33. The van der Waals surface area contributed by atoms with Crippen molar-refractivity contribution in [3.63, 3.8) is 0 Å². The Labute approximate surface area is 144 Å². The Morgan fingerprint density at radius 3 is 2.64 bits per heavy atom. The first-order chi connectivity index (χ1) is 10.6. The lowest BCUT2D eigenvalue weighted by Crippen LogP contribution is -2.23. The minimum Gasteiger partial charge on any atom is -0.390 e. The number of fused-ring (bicyclic) bond motifs is 1. The normalized spacial score (nSPS) is 20.0. The van der Waals surface area contributed by atoms with Gasteiger partial charge in [-0.15, -0.1) is 0 Å². The number of hydrogen-bond donors (Lipinski definition) is 2. The summed E-state index contributed by atoms with van der Waals surface area (Å²) in [6.07, 6.45) is 1.94. The molecule has 2 N–H and O–H groups in total. The number of aliphatic hydroxyl groups excluding tert-OH is 1. The van der Waals surface area contributed by atoms with Crippen LogP contribution in [0, 0.1) is 3.70 Å². The molecule has 0 aliphatic heterocycles. The number of rotatable bonds is 4. The molecule has 0 saturated carbocycles. The Morgan fingerprint density at radius 2 is 1.91 bits per heavy atom. The molecule has 1 heterocycles. The van der Waals surface area contributed by atoms with E-state index in [2.05, 4.69) is 58.9 Å². The van der Waals surface area contributed by atoms with Crippen LogP contribution in [0.5, 0.6) is 0 Å².